The first-order valence-electron chi connectivity index (χ1n) is 5.13. The number of nitrogen functional groups attached to an aromatic ring is 1. The Balaban J connectivity index is 1.86. The molecule has 1 heterocycles. The van der Waals surface area contributed by atoms with Crippen molar-refractivity contribution < 1.29 is 14.3 Å². The minimum Gasteiger partial charge on any atom is -0.490 e. The van der Waals surface area contributed by atoms with Crippen molar-refractivity contribution in [1.29, 1.82) is 0 Å². The first kappa shape index (κ1) is 11.8. The van der Waals surface area contributed by atoms with E-state index in [9.17, 15) is 9.59 Å². The third-order valence-corrected chi connectivity index (χ3v) is 3.19. The number of carbonyl (C=O) groups is 2. The van der Waals surface area contributed by atoms with Gasteiger partial charge in [-0.15, -0.1) is 0 Å². The molecule has 0 spiro atoms. The molecule has 1 aliphatic rings. The topological polar surface area (TPSA) is 72.6 Å². The summed E-state index contributed by atoms with van der Waals surface area (Å²) >= 11 is 1.02. The molecule has 0 bridgehead atoms. The van der Waals surface area contributed by atoms with Gasteiger partial charge in [0.2, 0.25) is 5.91 Å². The Kier molecular flexibility index (Phi) is 3.53. The van der Waals surface area contributed by atoms with Gasteiger partial charge in [-0.05, 0) is 12.1 Å². The normalized spacial score (nSPS) is 15.4. The summed E-state index contributed by atoms with van der Waals surface area (Å²) in [5.41, 5.74) is 6.24. The van der Waals surface area contributed by atoms with Gasteiger partial charge in [0.1, 0.15) is 12.4 Å². The van der Waals surface area contributed by atoms with Gasteiger partial charge in [0, 0.05) is 0 Å². The highest BCUT2D eigenvalue weighted by molar-refractivity contribution is 8.14. The molecule has 0 radical (unpaired) electrons. The van der Waals surface area contributed by atoms with E-state index in [0.29, 0.717) is 11.4 Å². The Morgan fingerprint density at radius 3 is 2.76 bits per heavy atom. The zero-order valence-electron chi connectivity index (χ0n) is 9.09. The molecule has 0 aromatic heterocycles. The Hall–Kier alpha value is -1.69. The highest BCUT2D eigenvalue weighted by Gasteiger charge is 2.29. The highest BCUT2D eigenvalue weighted by atomic mass is 32.2. The molecule has 0 atom stereocenters. The summed E-state index contributed by atoms with van der Waals surface area (Å²) in [6, 6.07) is 7.11. The molecule has 2 N–H and O–H groups in total. The number of anilines is 1. The van der Waals surface area contributed by atoms with Crippen LogP contribution in [0.4, 0.5) is 10.5 Å². The number of hydrogen-bond acceptors (Lipinski definition) is 5. The minimum absolute atomic E-state index is 0.162. The molecule has 5 nitrogen and oxygen atoms in total. The largest absolute Gasteiger partial charge is 0.490 e. The molecule has 6 heteroatoms. The van der Waals surface area contributed by atoms with Gasteiger partial charge in [0.15, 0.2) is 0 Å². The summed E-state index contributed by atoms with van der Waals surface area (Å²) in [4.78, 5) is 23.8. The molecule has 0 unspecified atom stereocenters. The molecule has 1 aromatic rings. The number of para-hydroxylation sites is 2. The smallest absolute Gasteiger partial charge is 0.288 e. The lowest BCUT2D eigenvalue weighted by molar-refractivity contribution is -0.124. The Bertz CT molecular complexity index is 434. The predicted octanol–water partition coefficient (Wildman–Crippen LogP) is 1.34. The van der Waals surface area contributed by atoms with Gasteiger partial charge in [-0.3, -0.25) is 14.5 Å². The van der Waals surface area contributed by atoms with E-state index in [0.717, 1.165) is 11.8 Å². The van der Waals surface area contributed by atoms with Crippen molar-refractivity contribution in [1.82, 2.24) is 4.90 Å². The second-order valence-electron chi connectivity index (χ2n) is 3.49. The van der Waals surface area contributed by atoms with Gasteiger partial charge < -0.3 is 10.5 Å². The summed E-state index contributed by atoms with van der Waals surface area (Å²) in [6.45, 7) is 0.519. The van der Waals surface area contributed by atoms with Gasteiger partial charge in [-0.25, -0.2) is 0 Å². The molecule has 90 valence electrons. The molecule has 0 saturated carbocycles. The van der Waals surface area contributed by atoms with Crippen LogP contribution in [-0.4, -0.2) is 35.0 Å². The van der Waals surface area contributed by atoms with Crippen LogP contribution >= 0.6 is 11.8 Å². The maximum Gasteiger partial charge on any atom is 0.288 e. The van der Waals surface area contributed by atoms with Crippen molar-refractivity contribution in [3.05, 3.63) is 24.3 Å². The molecule has 17 heavy (non-hydrogen) atoms. The summed E-state index contributed by atoms with van der Waals surface area (Å²) in [5.74, 6) is 0.635. The van der Waals surface area contributed by atoms with E-state index in [1.54, 1.807) is 12.1 Å². The van der Waals surface area contributed by atoms with Crippen molar-refractivity contribution in [2.75, 3.05) is 24.6 Å². The lowest BCUT2D eigenvalue weighted by Gasteiger charge is -2.14. The maximum atomic E-state index is 11.3. The Labute approximate surface area is 103 Å². The standard InChI is InChI=1S/C11H12N2O3S/c12-8-3-1-2-4-9(8)16-6-5-13-10(14)7-17-11(13)15/h1-4H,5-7,12H2. The second-order valence-corrected chi connectivity index (χ2v) is 4.41. The summed E-state index contributed by atoms with van der Waals surface area (Å²) in [7, 11) is 0. The molecular formula is C11H12N2O3S. The van der Waals surface area contributed by atoms with E-state index in [1.807, 2.05) is 12.1 Å². The first-order valence-corrected chi connectivity index (χ1v) is 6.11. The Morgan fingerprint density at radius 2 is 2.12 bits per heavy atom. The fourth-order valence-electron chi connectivity index (χ4n) is 1.46. The van der Waals surface area contributed by atoms with Crippen LogP contribution in [0.1, 0.15) is 0 Å². The maximum absolute atomic E-state index is 11.3. The van der Waals surface area contributed by atoms with Crippen LogP contribution in [0.15, 0.2) is 24.3 Å². The molecule has 1 fully saturated rings. The van der Waals surface area contributed by atoms with Crippen LogP contribution in [0.25, 0.3) is 0 Å². The van der Waals surface area contributed by atoms with Gasteiger partial charge in [0.05, 0.1) is 18.0 Å². The number of benzene rings is 1. The predicted molar refractivity (Wildman–Crippen MR) is 65.9 cm³/mol. The van der Waals surface area contributed by atoms with Crippen molar-refractivity contribution in [2.24, 2.45) is 0 Å². The van der Waals surface area contributed by atoms with Crippen LogP contribution in [0.3, 0.4) is 0 Å². The van der Waals surface area contributed by atoms with Crippen molar-refractivity contribution >= 4 is 28.6 Å². The minimum atomic E-state index is -0.209. The number of rotatable bonds is 4. The molecule has 0 aliphatic carbocycles. The van der Waals surface area contributed by atoms with Crippen molar-refractivity contribution in [3.8, 4) is 5.75 Å². The zero-order valence-corrected chi connectivity index (χ0v) is 9.90. The number of ether oxygens (including phenoxy) is 1. The fourth-order valence-corrected chi connectivity index (χ4v) is 2.21. The molecule has 2 rings (SSSR count). The summed E-state index contributed by atoms with van der Waals surface area (Å²) in [6.07, 6.45) is 0. The third kappa shape index (κ3) is 2.71. The van der Waals surface area contributed by atoms with Gasteiger partial charge in [-0.1, -0.05) is 23.9 Å². The van der Waals surface area contributed by atoms with Crippen LogP contribution in [0.2, 0.25) is 0 Å². The zero-order chi connectivity index (χ0) is 12.3. The molecular weight excluding hydrogens is 240 g/mol. The van der Waals surface area contributed by atoms with Crippen molar-refractivity contribution in [2.45, 2.75) is 0 Å². The van der Waals surface area contributed by atoms with Gasteiger partial charge in [-0.2, -0.15) is 0 Å². The average molecular weight is 252 g/mol. The van der Waals surface area contributed by atoms with Crippen LogP contribution in [-0.2, 0) is 4.79 Å². The monoisotopic (exact) mass is 252 g/mol. The third-order valence-electron chi connectivity index (χ3n) is 2.33. The quantitative estimate of drug-likeness (QED) is 0.819. The lowest BCUT2D eigenvalue weighted by Crippen LogP contribution is -2.32. The van der Waals surface area contributed by atoms with Crippen LogP contribution in [0, 0.1) is 0 Å². The molecule has 2 amide bonds. The van der Waals surface area contributed by atoms with E-state index in [1.165, 1.54) is 4.90 Å². The summed E-state index contributed by atoms with van der Waals surface area (Å²) in [5, 5.41) is -0.209. The fraction of sp³-hybridized carbons (Fsp3) is 0.273. The first-order chi connectivity index (χ1) is 8.18. The second kappa shape index (κ2) is 5.09. The number of hydrogen-bond donors (Lipinski definition) is 1. The summed E-state index contributed by atoms with van der Waals surface area (Å²) < 4.78 is 5.42. The number of nitrogens with two attached hydrogens (primary N) is 1. The lowest BCUT2D eigenvalue weighted by atomic mass is 10.3. The van der Waals surface area contributed by atoms with Gasteiger partial charge >= 0.3 is 0 Å². The number of carbonyl (C=O) groups excluding carboxylic acids is 2. The number of thioether (sulfide) groups is 1. The van der Waals surface area contributed by atoms with Crippen LogP contribution < -0.4 is 10.5 Å². The average Bonchev–Trinajstić information content (AvgIpc) is 2.63. The van der Waals surface area contributed by atoms with E-state index in [-0.39, 0.29) is 30.1 Å². The Morgan fingerprint density at radius 1 is 1.35 bits per heavy atom. The molecule has 1 saturated heterocycles. The molecule has 1 aromatic carbocycles. The van der Waals surface area contributed by atoms with E-state index in [4.69, 9.17) is 10.5 Å². The number of nitrogens with zero attached hydrogens (tertiary/aromatic N) is 1. The number of imide groups is 1. The van der Waals surface area contributed by atoms with Gasteiger partial charge in [0.25, 0.3) is 5.24 Å². The number of amides is 2. The highest BCUT2D eigenvalue weighted by Crippen LogP contribution is 2.21. The van der Waals surface area contributed by atoms with E-state index < -0.39 is 0 Å². The van der Waals surface area contributed by atoms with E-state index >= 15 is 0 Å². The van der Waals surface area contributed by atoms with E-state index in [2.05, 4.69) is 0 Å². The molecule has 1 aliphatic heterocycles. The SMILES string of the molecule is Nc1ccccc1OCCN1C(=O)CSC1=O. The van der Waals surface area contributed by atoms with Crippen molar-refractivity contribution in [3.63, 3.8) is 0 Å². The van der Waals surface area contributed by atoms with Crippen LogP contribution in [0.5, 0.6) is 5.75 Å².